The van der Waals surface area contributed by atoms with E-state index in [2.05, 4.69) is 15.4 Å². The molecule has 1 aliphatic rings. The van der Waals surface area contributed by atoms with Gasteiger partial charge in [0.1, 0.15) is 6.04 Å². The van der Waals surface area contributed by atoms with Crippen LogP contribution in [0.15, 0.2) is 29.2 Å². The molecular formula is C21H33N3O5S. The van der Waals surface area contributed by atoms with Crippen LogP contribution in [-0.2, 0) is 19.6 Å². The van der Waals surface area contributed by atoms with E-state index >= 15 is 0 Å². The predicted octanol–water partition coefficient (Wildman–Crippen LogP) is 2.15. The number of amides is 2. The number of hydrogen-bond acceptors (Lipinski definition) is 5. The fraction of sp³-hybridized carbons (Fsp3) is 0.619. The van der Waals surface area contributed by atoms with E-state index in [0.717, 1.165) is 32.1 Å². The summed E-state index contributed by atoms with van der Waals surface area (Å²) in [6.07, 6.45) is 3.59. The molecule has 2 unspecified atom stereocenters. The zero-order chi connectivity index (χ0) is 22.5. The second kappa shape index (κ2) is 9.89. The molecule has 2 atom stereocenters. The Morgan fingerprint density at radius 3 is 2.13 bits per heavy atom. The maximum Gasteiger partial charge on any atom is 0.249 e. The summed E-state index contributed by atoms with van der Waals surface area (Å²) in [5, 5.41) is 15.3. The summed E-state index contributed by atoms with van der Waals surface area (Å²) in [5.74, 6) is -0.907. The van der Waals surface area contributed by atoms with Gasteiger partial charge in [0, 0.05) is 17.1 Å². The fourth-order valence-electron chi connectivity index (χ4n) is 3.44. The Balaban J connectivity index is 2.04. The van der Waals surface area contributed by atoms with Crippen LogP contribution < -0.4 is 15.4 Å². The van der Waals surface area contributed by atoms with Crippen molar-refractivity contribution in [1.29, 1.82) is 0 Å². The zero-order valence-electron chi connectivity index (χ0n) is 18.1. The molecule has 1 aliphatic carbocycles. The van der Waals surface area contributed by atoms with Gasteiger partial charge in [-0.3, -0.25) is 9.59 Å². The Morgan fingerprint density at radius 1 is 1.07 bits per heavy atom. The van der Waals surface area contributed by atoms with Crippen molar-refractivity contribution in [3.63, 3.8) is 0 Å². The largest absolute Gasteiger partial charge is 0.391 e. The minimum Gasteiger partial charge on any atom is -0.391 e. The number of carbonyl (C=O) groups excluding carboxylic acids is 2. The molecule has 9 heteroatoms. The number of nitrogens with one attached hydrogen (secondary N) is 3. The smallest absolute Gasteiger partial charge is 0.249 e. The third-order valence-electron chi connectivity index (χ3n) is 4.91. The minimum atomic E-state index is -3.68. The van der Waals surface area contributed by atoms with E-state index in [0.29, 0.717) is 5.69 Å². The third-order valence-corrected chi connectivity index (χ3v) is 6.69. The van der Waals surface area contributed by atoms with Crippen molar-refractivity contribution in [2.75, 3.05) is 5.32 Å². The monoisotopic (exact) mass is 439 g/mol. The molecule has 8 nitrogen and oxygen atoms in total. The fourth-order valence-corrected chi connectivity index (χ4v) is 4.86. The molecule has 1 aromatic carbocycles. The molecule has 1 fully saturated rings. The molecule has 0 spiro atoms. The maximum absolute atomic E-state index is 12.6. The first-order valence-electron chi connectivity index (χ1n) is 10.3. The van der Waals surface area contributed by atoms with E-state index in [4.69, 9.17) is 0 Å². The molecule has 30 heavy (non-hydrogen) atoms. The lowest BCUT2D eigenvalue weighted by atomic mass is 9.88. The van der Waals surface area contributed by atoms with Crippen molar-refractivity contribution in [3.05, 3.63) is 24.3 Å². The molecule has 0 saturated heterocycles. The van der Waals surface area contributed by atoms with E-state index in [9.17, 15) is 23.1 Å². The lowest BCUT2D eigenvalue weighted by Gasteiger charge is -2.26. The van der Waals surface area contributed by atoms with E-state index in [1.165, 1.54) is 31.2 Å². The molecule has 0 radical (unpaired) electrons. The van der Waals surface area contributed by atoms with Gasteiger partial charge >= 0.3 is 0 Å². The highest BCUT2D eigenvalue weighted by Crippen LogP contribution is 2.24. The van der Waals surface area contributed by atoms with Crippen LogP contribution in [0, 0.1) is 5.92 Å². The van der Waals surface area contributed by atoms with Crippen molar-refractivity contribution in [3.8, 4) is 0 Å². The van der Waals surface area contributed by atoms with Gasteiger partial charge in [-0.2, -0.15) is 0 Å². The van der Waals surface area contributed by atoms with Gasteiger partial charge in [0.2, 0.25) is 21.8 Å². The van der Waals surface area contributed by atoms with Gasteiger partial charge in [0.15, 0.2) is 0 Å². The van der Waals surface area contributed by atoms with Crippen LogP contribution in [0.5, 0.6) is 0 Å². The van der Waals surface area contributed by atoms with Crippen LogP contribution in [0.2, 0.25) is 0 Å². The Bertz CT molecular complexity index is 838. The third kappa shape index (κ3) is 7.07. The highest BCUT2D eigenvalue weighted by Gasteiger charge is 2.30. The quantitative estimate of drug-likeness (QED) is 0.518. The topological polar surface area (TPSA) is 125 Å². The summed E-state index contributed by atoms with van der Waals surface area (Å²) in [6.45, 7) is 6.68. The maximum atomic E-state index is 12.6. The second-order valence-corrected chi connectivity index (χ2v) is 10.6. The molecule has 0 heterocycles. The number of aliphatic hydroxyl groups is 1. The number of carbonyl (C=O) groups is 2. The number of rotatable bonds is 7. The molecule has 2 amide bonds. The van der Waals surface area contributed by atoms with Gasteiger partial charge in [0.05, 0.1) is 11.0 Å². The Labute approximate surface area is 178 Å². The summed E-state index contributed by atoms with van der Waals surface area (Å²) >= 11 is 0. The predicted molar refractivity (Wildman–Crippen MR) is 115 cm³/mol. The van der Waals surface area contributed by atoms with E-state index < -0.39 is 33.6 Å². The standard InChI is InChI=1S/C21H33N3O5S/c1-14(25)18(23-19(26)15-8-6-5-7-9-15)20(27)22-16-10-12-17(13-11-16)30(28,29)24-21(2,3)4/h10-15,18,24-25H,5-9H2,1-4H3,(H,22,27)(H,23,26). The lowest BCUT2D eigenvalue weighted by molar-refractivity contribution is -0.131. The minimum absolute atomic E-state index is 0.0769. The van der Waals surface area contributed by atoms with Crippen molar-refractivity contribution >= 4 is 27.5 Å². The molecule has 0 aromatic heterocycles. The van der Waals surface area contributed by atoms with Gasteiger partial charge in [-0.1, -0.05) is 19.3 Å². The van der Waals surface area contributed by atoms with Crippen molar-refractivity contribution in [2.24, 2.45) is 5.92 Å². The molecule has 0 bridgehead atoms. The van der Waals surface area contributed by atoms with Gasteiger partial charge in [-0.05, 0) is 64.8 Å². The van der Waals surface area contributed by atoms with Gasteiger partial charge in [-0.15, -0.1) is 0 Å². The van der Waals surface area contributed by atoms with E-state index in [1.807, 2.05) is 0 Å². The first-order valence-corrected chi connectivity index (χ1v) is 11.8. The molecule has 4 N–H and O–H groups in total. The number of aliphatic hydroxyl groups excluding tert-OH is 1. The highest BCUT2D eigenvalue weighted by molar-refractivity contribution is 7.89. The molecule has 168 valence electrons. The summed E-state index contributed by atoms with van der Waals surface area (Å²) in [7, 11) is -3.68. The molecular weight excluding hydrogens is 406 g/mol. The van der Waals surface area contributed by atoms with Gasteiger partial charge in [0.25, 0.3) is 0 Å². The van der Waals surface area contributed by atoms with Crippen LogP contribution in [0.4, 0.5) is 5.69 Å². The average molecular weight is 440 g/mol. The summed E-state index contributed by atoms with van der Waals surface area (Å²) in [5.41, 5.74) is -0.250. The normalized spacial score (nSPS) is 17.8. The molecule has 2 rings (SSSR count). The Hall–Kier alpha value is -1.97. The Kier molecular flexibility index (Phi) is 8.01. The van der Waals surface area contributed by atoms with E-state index in [1.54, 1.807) is 20.8 Å². The van der Waals surface area contributed by atoms with Crippen LogP contribution >= 0.6 is 0 Å². The number of sulfonamides is 1. The van der Waals surface area contributed by atoms with Crippen LogP contribution in [0.25, 0.3) is 0 Å². The lowest BCUT2D eigenvalue weighted by Crippen LogP contribution is -2.51. The number of hydrogen-bond donors (Lipinski definition) is 4. The van der Waals surface area contributed by atoms with Crippen LogP contribution in [0.1, 0.15) is 59.8 Å². The van der Waals surface area contributed by atoms with E-state index in [-0.39, 0.29) is 16.7 Å². The van der Waals surface area contributed by atoms with Crippen molar-refractivity contribution in [2.45, 2.75) is 82.4 Å². The summed E-state index contributed by atoms with van der Waals surface area (Å²) in [6, 6.07) is 4.63. The van der Waals surface area contributed by atoms with Crippen molar-refractivity contribution < 1.29 is 23.1 Å². The SMILES string of the molecule is CC(O)C(NC(=O)C1CCCCC1)C(=O)Nc1ccc(S(=O)(=O)NC(C)(C)C)cc1. The van der Waals surface area contributed by atoms with Gasteiger partial charge in [-0.25, -0.2) is 13.1 Å². The molecule has 1 aromatic rings. The van der Waals surface area contributed by atoms with Gasteiger partial charge < -0.3 is 15.7 Å². The van der Waals surface area contributed by atoms with Crippen molar-refractivity contribution in [1.82, 2.24) is 10.0 Å². The average Bonchev–Trinajstić information content (AvgIpc) is 2.64. The number of benzene rings is 1. The summed E-state index contributed by atoms with van der Waals surface area (Å²) < 4.78 is 27.3. The van der Waals surface area contributed by atoms with Crippen LogP contribution in [0.3, 0.4) is 0 Å². The second-order valence-electron chi connectivity index (χ2n) is 8.93. The number of anilines is 1. The highest BCUT2D eigenvalue weighted by atomic mass is 32.2. The zero-order valence-corrected chi connectivity index (χ0v) is 18.9. The molecule has 0 aliphatic heterocycles. The Morgan fingerprint density at radius 2 is 1.63 bits per heavy atom. The van der Waals surface area contributed by atoms with Crippen LogP contribution in [-0.4, -0.2) is 43.0 Å². The summed E-state index contributed by atoms with van der Waals surface area (Å²) in [4.78, 5) is 25.2. The first-order chi connectivity index (χ1) is 13.9. The molecule has 1 saturated carbocycles. The first kappa shape index (κ1) is 24.3.